The van der Waals surface area contributed by atoms with Crippen LogP contribution < -0.4 is 9.47 Å². The van der Waals surface area contributed by atoms with Crippen LogP contribution in [0.3, 0.4) is 0 Å². The Morgan fingerprint density at radius 1 is 1.07 bits per heavy atom. The lowest BCUT2D eigenvalue weighted by atomic mass is 10.0. The molecule has 28 heavy (non-hydrogen) atoms. The molecule has 0 spiro atoms. The van der Waals surface area contributed by atoms with Crippen LogP contribution >= 0.6 is 15.9 Å². The van der Waals surface area contributed by atoms with Crippen LogP contribution in [0.25, 0.3) is 11.6 Å². The molecule has 0 amide bonds. The average Bonchev–Trinajstić information content (AvgIpc) is 2.73. The third-order valence-electron chi connectivity index (χ3n) is 4.10. The van der Waals surface area contributed by atoms with Gasteiger partial charge in [0.2, 0.25) is 0 Å². The number of methoxy groups -OCH3 is 1. The lowest BCUT2D eigenvalue weighted by molar-refractivity contribution is 0.284. The number of ether oxygens (including phenoxy) is 2. The van der Waals surface area contributed by atoms with Gasteiger partial charge in [0, 0.05) is 4.47 Å². The smallest absolute Gasteiger partial charge is 0.162 e. The second kappa shape index (κ2) is 9.20. The zero-order valence-electron chi connectivity index (χ0n) is 15.2. The zero-order chi connectivity index (χ0) is 19.9. The predicted molar refractivity (Wildman–Crippen MR) is 111 cm³/mol. The Hall–Kier alpha value is -3.10. The van der Waals surface area contributed by atoms with E-state index >= 15 is 0 Å². The number of hydrogen-bond donors (Lipinski definition) is 0. The Balaban J connectivity index is 1.88. The molecule has 3 rings (SSSR count). The molecule has 0 unspecified atom stereocenters. The van der Waals surface area contributed by atoms with Gasteiger partial charge in [-0.25, -0.2) is 4.39 Å². The monoisotopic (exact) mass is 437 g/mol. The van der Waals surface area contributed by atoms with Crippen molar-refractivity contribution in [3.63, 3.8) is 0 Å². The van der Waals surface area contributed by atoms with E-state index in [2.05, 4.69) is 22.0 Å². The van der Waals surface area contributed by atoms with Crippen molar-refractivity contribution in [1.29, 1.82) is 5.26 Å². The Morgan fingerprint density at radius 2 is 1.79 bits per heavy atom. The molecule has 3 aromatic rings. The molecule has 0 fully saturated rings. The van der Waals surface area contributed by atoms with E-state index in [0.717, 1.165) is 21.2 Å². The fourth-order valence-electron chi connectivity index (χ4n) is 2.63. The first-order chi connectivity index (χ1) is 13.6. The minimum absolute atomic E-state index is 0.283. The fraction of sp³-hybridized carbons (Fsp3) is 0.0870. The summed E-state index contributed by atoms with van der Waals surface area (Å²) in [5.41, 5.74) is 3.03. The number of benzene rings is 3. The summed E-state index contributed by atoms with van der Waals surface area (Å²) in [5, 5.41) is 9.53. The first-order valence-corrected chi connectivity index (χ1v) is 9.32. The molecule has 0 bridgehead atoms. The van der Waals surface area contributed by atoms with E-state index in [9.17, 15) is 9.65 Å². The second-order valence-electron chi connectivity index (χ2n) is 5.98. The molecule has 0 aromatic heterocycles. The maximum absolute atomic E-state index is 13.0. The lowest BCUT2D eigenvalue weighted by Gasteiger charge is -2.13. The highest BCUT2D eigenvalue weighted by molar-refractivity contribution is 9.10. The predicted octanol–water partition coefficient (Wildman–Crippen LogP) is 6.24. The van der Waals surface area contributed by atoms with Gasteiger partial charge in [-0.2, -0.15) is 5.26 Å². The molecule has 140 valence electrons. The van der Waals surface area contributed by atoms with Gasteiger partial charge >= 0.3 is 0 Å². The van der Waals surface area contributed by atoms with Gasteiger partial charge in [0.15, 0.2) is 11.5 Å². The van der Waals surface area contributed by atoms with Crippen molar-refractivity contribution >= 4 is 27.6 Å². The van der Waals surface area contributed by atoms with Crippen molar-refractivity contribution in [3.8, 4) is 17.6 Å². The summed E-state index contributed by atoms with van der Waals surface area (Å²) >= 11 is 3.54. The van der Waals surface area contributed by atoms with Crippen molar-refractivity contribution < 1.29 is 13.9 Å². The Kier molecular flexibility index (Phi) is 6.46. The highest BCUT2D eigenvalue weighted by Crippen LogP contribution is 2.35. The third kappa shape index (κ3) is 4.79. The molecule has 0 heterocycles. The van der Waals surface area contributed by atoms with Crippen LogP contribution in [0.1, 0.15) is 16.7 Å². The summed E-state index contributed by atoms with van der Waals surface area (Å²) in [6.07, 6.45) is 1.80. The van der Waals surface area contributed by atoms with Crippen molar-refractivity contribution in [2.24, 2.45) is 0 Å². The summed E-state index contributed by atoms with van der Waals surface area (Å²) < 4.78 is 25.1. The molecule has 5 heteroatoms. The quantitative estimate of drug-likeness (QED) is 0.338. The highest BCUT2D eigenvalue weighted by Gasteiger charge is 2.11. The summed E-state index contributed by atoms with van der Waals surface area (Å²) in [6.45, 7) is 0.283. The Morgan fingerprint density at radius 3 is 2.43 bits per heavy atom. The molecule has 3 nitrogen and oxygen atoms in total. The SMILES string of the molecule is COc1cc(/C=C(\C#N)c2ccccc2)c(Br)cc1OCc1ccc(F)cc1. The molecule has 0 saturated heterocycles. The summed E-state index contributed by atoms with van der Waals surface area (Å²) in [6, 6.07) is 21.5. The van der Waals surface area contributed by atoms with Gasteiger partial charge in [-0.15, -0.1) is 0 Å². The van der Waals surface area contributed by atoms with Crippen LogP contribution in [0.2, 0.25) is 0 Å². The summed E-state index contributed by atoms with van der Waals surface area (Å²) in [7, 11) is 1.56. The molecule has 0 aliphatic carbocycles. The molecule has 0 aliphatic rings. The average molecular weight is 438 g/mol. The molecular formula is C23H17BrFNO2. The van der Waals surface area contributed by atoms with Gasteiger partial charge in [0.05, 0.1) is 18.8 Å². The third-order valence-corrected chi connectivity index (χ3v) is 4.78. The number of allylic oxidation sites excluding steroid dienone is 1. The molecular weight excluding hydrogens is 421 g/mol. The largest absolute Gasteiger partial charge is 0.493 e. The van der Waals surface area contributed by atoms with Crippen LogP contribution in [-0.4, -0.2) is 7.11 Å². The van der Waals surface area contributed by atoms with Crippen LogP contribution in [0.15, 0.2) is 71.2 Å². The van der Waals surface area contributed by atoms with Crippen LogP contribution in [0, 0.1) is 17.1 Å². The van der Waals surface area contributed by atoms with Gasteiger partial charge in [-0.05, 0) is 47.0 Å². The first kappa shape index (κ1) is 19.7. The first-order valence-electron chi connectivity index (χ1n) is 8.52. The van der Waals surface area contributed by atoms with Crippen LogP contribution in [0.4, 0.5) is 4.39 Å². The standard InChI is InChI=1S/C23H17BrFNO2/c1-27-22-12-18(11-19(14-26)17-5-3-2-4-6-17)21(24)13-23(22)28-15-16-7-9-20(25)10-8-16/h2-13H,15H2,1H3/b19-11+. The van der Waals surface area contributed by atoms with E-state index < -0.39 is 0 Å². The van der Waals surface area contributed by atoms with Crippen molar-refractivity contribution in [2.45, 2.75) is 6.61 Å². The van der Waals surface area contributed by atoms with Crippen molar-refractivity contribution in [2.75, 3.05) is 7.11 Å². The lowest BCUT2D eigenvalue weighted by Crippen LogP contribution is -1.98. The van der Waals surface area contributed by atoms with Gasteiger partial charge in [0.25, 0.3) is 0 Å². The molecule has 0 N–H and O–H groups in total. The topological polar surface area (TPSA) is 42.2 Å². The summed E-state index contributed by atoms with van der Waals surface area (Å²) in [5.74, 6) is 0.808. The van der Waals surface area contributed by atoms with Gasteiger partial charge < -0.3 is 9.47 Å². The van der Waals surface area contributed by atoms with E-state index in [4.69, 9.17) is 9.47 Å². The molecule has 0 atom stereocenters. The van der Waals surface area contributed by atoms with Crippen molar-refractivity contribution in [3.05, 3.63) is 93.7 Å². The van der Waals surface area contributed by atoms with E-state index in [-0.39, 0.29) is 12.4 Å². The minimum Gasteiger partial charge on any atom is -0.493 e. The molecule has 0 radical (unpaired) electrons. The maximum Gasteiger partial charge on any atom is 0.162 e. The normalized spacial score (nSPS) is 11.0. The van der Waals surface area contributed by atoms with E-state index in [0.29, 0.717) is 17.1 Å². The highest BCUT2D eigenvalue weighted by atomic mass is 79.9. The van der Waals surface area contributed by atoms with E-state index in [1.54, 1.807) is 31.4 Å². The number of nitrogens with zero attached hydrogens (tertiary/aromatic N) is 1. The summed E-state index contributed by atoms with van der Waals surface area (Å²) in [4.78, 5) is 0. The Bertz CT molecular complexity index is 1020. The van der Waals surface area contributed by atoms with E-state index in [1.807, 2.05) is 36.4 Å². The van der Waals surface area contributed by atoms with Gasteiger partial charge in [-0.1, -0.05) is 58.4 Å². The number of hydrogen-bond acceptors (Lipinski definition) is 3. The van der Waals surface area contributed by atoms with E-state index in [1.165, 1.54) is 12.1 Å². The molecule has 0 saturated carbocycles. The minimum atomic E-state index is -0.285. The van der Waals surface area contributed by atoms with Crippen LogP contribution in [0.5, 0.6) is 11.5 Å². The Labute approximate surface area is 171 Å². The molecule has 0 aliphatic heterocycles. The van der Waals surface area contributed by atoms with Crippen LogP contribution in [-0.2, 0) is 6.61 Å². The van der Waals surface area contributed by atoms with Gasteiger partial charge in [-0.3, -0.25) is 0 Å². The number of rotatable bonds is 6. The number of halogens is 2. The number of nitriles is 1. The van der Waals surface area contributed by atoms with Gasteiger partial charge in [0.1, 0.15) is 12.4 Å². The van der Waals surface area contributed by atoms with Crippen molar-refractivity contribution in [1.82, 2.24) is 0 Å². The fourth-order valence-corrected chi connectivity index (χ4v) is 3.07. The second-order valence-corrected chi connectivity index (χ2v) is 6.83. The zero-order valence-corrected chi connectivity index (χ0v) is 16.7. The molecule has 3 aromatic carbocycles. The maximum atomic E-state index is 13.0.